The van der Waals surface area contributed by atoms with Gasteiger partial charge in [0.05, 0.1) is 6.54 Å². The Balaban J connectivity index is 1.87. The number of nitrogens with one attached hydrogen (secondary N) is 2. The van der Waals surface area contributed by atoms with Crippen LogP contribution in [0.25, 0.3) is 0 Å². The molecule has 6 nitrogen and oxygen atoms in total. The van der Waals surface area contributed by atoms with E-state index in [1.807, 2.05) is 0 Å². The third kappa shape index (κ3) is 4.55. The Morgan fingerprint density at radius 1 is 1.25 bits per heavy atom. The lowest BCUT2D eigenvalue weighted by Gasteiger charge is -2.15. The predicted octanol–water partition coefficient (Wildman–Crippen LogP) is 0.256. The minimum Gasteiger partial charge on any atom is -0.508 e. The summed E-state index contributed by atoms with van der Waals surface area (Å²) in [7, 11) is 0. The van der Waals surface area contributed by atoms with E-state index in [1.54, 1.807) is 12.1 Å². The standard InChI is InChI=1S/C14H18N2O4/c17-11-5-1-9(2-6-11)7-12(14(19)20)16-13(18)8-15-10-3-4-10/h1-2,5-6,10,12,15,17H,3-4,7-8H2,(H,16,18)(H,19,20)/t12-/m0/s1. The SMILES string of the molecule is O=C(CNC1CC1)N[C@@H](Cc1ccc(O)cc1)C(=O)O. The molecule has 1 aliphatic rings. The largest absolute Gasteiger partial charge is 0.508 e. The van der Waals surface area contributed by atoms with Crippen molar-refractivity contribution in [1.82, 2.24) is 10.6 Å². The minimum atomic E-state index is -1.07. The molecule has 20 heavy (non-hydrogen) atoms. The monoisotopic (exact) mass is 278 g/mol. The number of amides is 1. The quantitative estimate of drug-likeness (QED) is 0.573. The molecule has 0 radical (unpaired) electrons. The summed E-state index contributed by atoms with van der Waals surface area (Å²) in [6, 6.07) is 5.70. The third-order valence-electron chi connectivity index (χ3n) is 3.14. The highest BCUT2D eigenvalue weighted by molar-refractivity contribution is 5.84. The number of carboxylic acid groups (broad SMARTS) is 1. The van der Waals surface area contributed by atoms with Crippen molar-refractivity contribution >= 4 is 11.9 Å². The number of phenols is 1. The second-order valence-electron chi connectivity index (χ2n) is 4.98. The molecule has 1 fully saturated rings. The minimum absolute atomic E-state index is 0.123. The fourth-order valence-corrected chi connectivity index (χ4v) is 1.84. The number of benzene rings is 1. The zero-order chi connectivity index (χ0) is 14.5. The lowest BCUT2D eigenvalue weighted by Crippen LogP contribution is -2.46. The molecule has 1 amide bonds. The van der Waals surface area contributed by atoms with E-state index >= 15 is 0 Å². The Kier molecular flexibility index (Phi) is 4.57. The first kappa shape index (κ1) is 14.3. The number of carbonyl (C=O) groups is 2. The molecule has 6 heteroatoms. The van der Waals surface area contributed by atoms with Crippen LogP contribution in [-0.2, 0) is 16.0 Å². The van der Waals surface area contributed by atoms with Crippen molar-refractivity contribution < 1.29 is 19.8 Å². The van der Waals surface area contributed by atoms with Gasteiger partial charge in [-0.25, -0.2) is 4.79 Å². The molecule has 1 atom stereocenters. The van der Waals surface area contributed by atoms with Gasteiger partial charge < -0.3 is 20.8 Å². The highest BCUT2D eigenvalue weighted by Crippen LogP contribution is 2.18. The lowest BCUT2D eigenvalue weighted by atomic mass is 10.1. The summed E-state index contributed by atoms with van der Waals surface area (Å²) >= 11 is 0. The summed E-state index contributed by atoms with van der Waals surface area (Å²) in [5.74, 6) is -1.26. The number of aliphatic carboxylic acids is 1. The summed E-state index contributed by atoms with van der Waals surface area (Å²) in [6.45, 7) is 0.143. The lowest BCUT2D eigenvalue weighted by molar-refractivity contribution is -0.141. The van der Waals surface area contributed by atoms with Gasteiger partial charge in [-0.3, -0.25) is 4.79 Å². The molecule has 4 N–H and O–H groups in total. The van der Waals surface area contributed by atoms with E-state index in [0.717, 1.165) is 18.4 Å². The topological polar surface area (TPSA) is 98.7 Å². The Labute approximate surface area is 116 Å². The van der Waals surface area contributed by atoms with Gasteiger partial charge in [0.25, 0.3) is 0 Å². The molecule has 1 aliphatic carbocycles. The highest BCUT2D eigenvalue weighted by atomic mass is 16.4. The number of phenolic OH excluding ortho intramolecular Hbond substituents is 1. The molecule has 0 unspecified atom stereocenters. The van der Waals surface area contributed by atoms with Crippen LogP contribution in [0, 0.1) is 0 Å². The number of hydrogen-bond donors (Lipinski definition) is 4. The number of carbonyl (C=O) groups excluding carboxylic acids is 1. The van der Waals surface area contributed by atoms with Crippen molar-refractivity contribution in [3.05, 3.63) is 29.8 Å². The van der Waals surface area contributed by atoms with Crippen LogP contribution in [-0.4, -0.2) is 40.7 Å². The van der Waals surface area contributed by atoms with Crippen LogP contribution in [0.3, 0.4) is 0 Å². The number of carboxylic acids is 1. The fourth-order valence-electron chi connectivity index (χ4n) is 1.84. The van der Waals surface area contributed by atoms with E-state index in [1.165, 1.54) is 12.1 Å². The molecule has 0 saturated heterocycles. The molecule has 0 aliphatic heterocycles. The summed E-state index contributed by atoms with van der Waals surface area (Å²) in [6.07, 6.45) is 2.33. The maximum atomic E-state index is 11.7. The van der Waals surface area contributed by atoms with E-state index < -0.39 is 12.0 Å². The molecule has 0 spiro atoms. The molecule has 108 valence electrons. The van der Waals surface area contributed by atoms with Crippen LogP contribution >= 0.6 is 0 Å². The predicted molar refractivity (Wildman–Crippen MR) is 72.4 cm³/mol. The van der Waals surface area contributed by atoms with Gasteiger partial charge in [-0.2, -0.15) is 0 Å². The first-order valence-corrected chi connectivity index (χ1v) is 6.58. The van der Waals surface area contributed by atoms with Gasteiger partial charge in [0.2, 0.25) is 5.91 Å². The maximum absolute atomic E-state index is 11.7. The molecule has 1 aromatic rings. The van der Waals surface area contributed by atoms with Gasteiger partial charge in [-0.05, 0) is 30.5 Å². The van der Waals surface area contributed by atoms with E-state index in [2.05, 4.69) is 10.6 Å². The van der Waals surface area contributed by atoms with Crippen LogP contribution in [0.4, 0.5) is 0 Å². The van der Waals surface area contributed by atoms with Gasteiger partial charge in [0.15, 0.2) is 0 Å². The van der Waals surface area contributed by atoms with E-state index in [0.29, 0.717) is 6.04 Å². The second kappa shape index (κ2) is 6.38. The van der Waals surface area contributed by atoms with Crippen molar-refractivity contribution in [3.63, 3.8) is 0 Å². The average molecular weight is 278 g/mol. The third-order valence-corrected chi connectivity index (χ3v) is 3.14. The van der Waals surface area contributed by atoms with Gasteiger partial charge in [-0.15, -0.1) is 0 Å². The second-order valence-corrected chi connectivity index (χ2v) is 4.98. The molecule has 2 rings (SSSR count). The Morgan fingerprint density at radius 2 is 1.90 bits per heavy atom. The molecular formula is C14H18N2O4. The Morgan fingerprint density at radius 3 is 2.45 bits per heavy atom. The smallest absolute Gasteiger partial charge is 0.326 e. The molecule has 0 heterocycles. The summed E-state index contributed by atoms with van der Waals surface area (Å²) in [5.41, 5.74) is 0.741. The van der Waals surface area contributed by atoms with Gasteiger partial charge in [-0.1, -0.05) is 12.1 Å². The van der Waals surface area contributed by atoms with Crippen LogP contribution in [0.5, 0.6) is 5.75 Å². The van der Waals surface area contributed by atoms with E-state index in [-0.39, 0.29) is 24.6 Å². The van der Waals surface area contributed by atoms with Crippen molar-refractivity contribution in [2.45, 2.75) is 31.3 Å². The normalized spacial score (nSPS) is 15.6. The van der Waals surface area contributed by atoms with Crippen molar-refractivity contribution in [1.29, 1.82) is 0 Å². The Hall–Kier alpha value is -2.08. The van der Waals surface area contributed by atoms with Crippen molar-refractivity contribution in [2.24, 2.45) is 0 Å². The summed E-state index contributed by atoms with van der Waals surface area (Å²) in [4.78, 5) is 22.8. The maximum Gasteiger partial charge on any atom is 0.326 e. The first-order chi connectivity index (χ1) is 9.54. The van der Waals surface area contributed by atoms with Crippen LogP contribution in [0.2, 0.25) is 0 Å². The van der Waals surface area contributed by atoms with Crippen molar-refractivity contribution in [3.8, 4) is 5.75 Å². The molecule has 0 bridgehead atoms. The zero-order valence-corrected chi connectivity index (χ0v) is 11.0. The van der Waals surface area contributed by atoms with Gasteiger partial charge in [0, 0.05) is 12.5 Å². The highest BCUT2D eigenvalue weighted by Gasteiger charge is 2.23. The number of rotatable bonds is 7. The number of hydrogen-bond acceptors (Lipinski definition) is 4. The van der Waals surface area contributed by atoms with Crippen LogP contribution in [0.1, 0.15) is 18.4 Å². The summed E-state index contributed by atoms with van der Waals surface area (Å²) in [5, 5.41) is 23.9. The molecule has 1 saturated carbocycles. The van der Waals surface area contributed by atoms with E-state index in [4.69, 9.17) is 5.11 Å². The van der Waals surface area contributed by atoms with Crippen LogP contribution in [0.15, 0.2) is 24.3 Å². The zero-order valence-electron chi connectivity index (χ0n) is 11.0. The first-order valence-electron chi connectivity index (χ1n) is 6.58. The molecular weight excluding hydrogens is 260 g/mol. The van der Waals surface area contributed by atoms with Crippen LogP contribution < -0.4 is 10.6 Å². The van der Waals surface area contributed by atoms with Crippen molar-refractivity contribution in [2.75, 3.05) is 6.54 Å². The van der Waals surface area contributed by atoms with Gasteiger partial charge in [0.1, 0.15) is 11.8 Å². The average Bonchev–Trinajstić information content (AvgIpc) is 3.22. The molecule has 0 aromatic heterocycles. The molecule has 1 aromatic carbocycles. The van der Waals surface area contributed by atoms with Gasteiger partial charge >= 0.3 is 5.97 Å². The summed E-state index contributed by atoms with van der Waals surface area (Å²) < 4.78 is 0. The fraction of sp³-hybridized carbons (Fsp3) is 0.429. The van der Waals surface area contributed by atoms with E-state index in [9.17, 15) is 14.7 Å². The number of aromatic hydroxyl groups is 1. The Bertz CT molecular complexity index is 482.